The highest BCUT2D eigenvalue weighted by molar-refractivity contribution is 5.95. The van der Waals surface area contributed by atoms with Gasteiger partial charge in [0, 0.05) is 12.2 Å². The summed E-state index contributed by atoms with van der Waals surface area (Å²) >= 11 is 0. The summed E-state index contributed by atoms with van der Waals surface area (Å²) < 4.78 is 40.0. The number of ether oxygens (including phenoxy) is 1. The van der Waals surface area contributed by atoms with E-state index in [0.717, 1.165) is 12.3 Å². The molecule has 0 bridgehead atoms. The van der Waals surface area contributed by atoms with Gasteiger partial charge in [0.05, 0.1) is 12.2 Å². The number of rotatable bonds is 6. The van der Waals surface area contributed by atoms with Crippen molar-refractivity contribution in [2.75, 3.05) is 13.2 Å². The van der Waals surface area contributed by atoms with Crippen LogP contribution in [-0.2, 0) is 4.74 Å². The number of halogens is 3. The normalized spacial score (nSPS) is 12.8. The topological polar surface area (TPSA) is 88.5 Å². The molecule has 1 amide bonds. The number of carboxylic acid groups (broad SMARTS) is 1. The molecular weight excluding hydrogens is 293 g/mol. The molecule has 0 aliphatic rings. The quantitative estimate of drug-likeness (QED) is 0.831. The Kier molecular flexibility index (Phi) is 5.65. The maximum absolute atomic E-state index is 11.9. The third-order valence-corrected chi connectivity index (χ3v) is 2.26. The fraction of sp³-hybridized carbons (Fsp3) is 0.417. The number of hydrogen-bond acceptors (Lipinski definition) is 4. The molecule has 0 saturated carbocycles. The number of amides is 1. The first-order valence-electron chi connectivity index (χ1n) is 5.84. The summed E-state index contributed by atoms with van der Waals surface area (Å²) in [6.45, 7) is -0.207. The Balaban J connectivity index is 2.47. The van der Waals surface area contributed by atoms with Crippen LogP contribution >= 0.6 is 0 Å². The number of aromatic nitrogens is 1. The van der Waals surface area contributed by atoms with E-state index in [1.54, 1.807) is 0 Å². The second-order valence-electron chi connectivity index (χ2n) is 4.24. The van der Waals surface area contributed by atoms with Gasteiger partial charge in [0.1, 0.15) is 12.3 Å². The molecule has 0 aliphatic carbocycles. The smallest absolute Gasteiger partial charge is 0.411 e. The number of hydrogen-bond donors (Lipinski definition) is 2. The van der Waals surface area contributed by atoms with Crippen LogP contribution in [0.2, 0.25) is 0 Å². The fourth-order valence-electron chi connectivity index (χ4n) is 1.35. The maximum atomic E-state index is 11.9. The van der Waals surface area contributed by atoms with Crippen LogP contribution < -0.4 is 5.32 Å². The molecule has 0 fully saturated rings. The van der Waals surface area contributed by atoms with Gasteiger partial charge in [-0.3, -0.25) is 4.79 Å². The summed E-state index contributed by atoms with van der Waals surface area (Å²) in [5, 5.41) is 11.1. The van der Waals surface area contributed by atoms with E-state index in [9.17, 15) is 22.8 Å². The maximum Gasteiger partial charge on any atom is 0.411 e. The highest BCUT2D eigenvalue weighted by Crippen LogP contribution is 2.14. The van der Waals surface area contributed by atoms with E-state index in [-0.39, 0.29) is 17.9 Å². The second-order valence-corrected chi connectivity index (χ2v) is 4.24. The third-order valence-electron chi connectivity index (χ3n) is 2.26. The average molecular weight is 306 g/mol. The Morgan fingerprint density at radius 2 is 2.10 bits per heavy atom. The van der Waals surface area contributed by atoms with Crippen molar-refractivity contribution in [2.45, 2.75) is 19.1 Å². The molecule has 0 spiro atoms. The first-order chi connectivity index (χ1) is 9.69. The molecule has 1 atom stereocenters. The van der Waals surface area contributed by atoms with Gasteiger partial charge in [0.2, 0.25) is 0 Å². The minimum absolute atomic E-state index is 0.0997. The van der Waals surface area contributed by atoms with E-state index in [2.05, 4.69) is 15.0 Å². The Bertz CT molecular complexity index is 502. The molecule has 0 radical (unpaired) electrons. The predicted octanol–water partition coefficient (Wildman–Crippen LogP) is 1.48. The van der Waals surface area contributed by atoms with Crippen molar-refractivity contribution in [1.82, 2.24) is 10.3 Å². The summed E-state index contributed by atoms with van der Waals surface area (Å²) in [6, 6.07) is 1.77. The van der Waals surface area contributed by atoms with Crippen LogP contribution in [0.4, 0.5) is 13.2 Å². The van der Waals surface area contributed by atoms with E-state index in [1.165, 1.54) is 13.0 Å². The van der Waals surface area contributed by atoms with Crippen molar-refractivity contribution in [2.24, 2.45) is 0 Å². The number of carbonyl (C=O) groups is 2. The van der Waals surface area contributed by atoms with Gasteiger partial charge in [-0.15, -0.1) is 0 Å². The molecule has 0 saturated heterocycles. The Morgan fingerprint density at radius 3 is 2.57 bits per heavy atom. The predicted molar refractivity (Wildman–Crippen MR) is 65.0 cm³/mol. The van der Waals surface area contributed by atoms with Crippen molar-refractivity contribution in [1.29, 1.82) is 0 Å². The Morgan fingerprint density at radius 1 is 1.43 bits per heavy atom. The van der Waals surface area contributed by atoms with Gasteiger partial charge in [-0.1, -0.05) is 0 Å². The van der Waals surface area contributed by atoms with Crippen molar-refractivity contribution in [3.63, 3.8) is 0 Å². The van der Waals surface area contributed by atoms with Crippen LogP contribution in [0.5, 0.6) is 0 Å². The number of aromatic carboxylic acids is 1. The minimum Gasteiger partial charge on any atom is -0.477 e. The van der Waals surface area contributed by atoms with Gasteiger partial charge in [-0.25, -0.2) is 9.78 Å². The van der Waals surface area contributed by atoms with Gasteiger partial charge in [-0.2, -0.15) is 13.2 Å². The Labute approximate surface area is 117 Å². The summed E-state index contributed by atoms with van der Waals surface area (Å²) in [7, 11) is 0. The fourth-order valence-corrected chi connectivity index (χ4v) is 1.35. The molecule has 116 valence electrons. The van der Waals surface area contributed by atoms with Gasteiger partial charge in [0.25, 0.3) is 5.91 Å². The molecule has 0 aromatic carbocycles. The molecule has 1 unspecified atom stereocenters. The van der Waals surface area contributed by atoms with Crippen LogP contribution in [0.1, 0.15) is 27.8 Å². The summed E-state index contributed by atoms with van der Waals surface area (Å²) in [6.07, 6.45) is -3.34. The third kappa shape index (κ3) is 6.21. The lowest BCUT2D eigenvalue weighted by molar-refractivity contribution is -0.174. The molecule has 1 aromatic heterocycles. The van der Waals surface area contributed by atoms with E-state index in [1.807, 2.05) is 0 Å². The van der Waals surface area contributed by atoms with E-state index < -0.39 is 30.7 Å². The molecule has 1 rings (SSSR count). The molecule has 0 aliphatic heterocycles. The molecular formula is C12H13F3N2O4. The van der Waals surface area contributed by atoms with Crippen molar-refractivity contribution in [3.05, 3.63) is 29.6 Å². The summed E-state index contributed by atoms with van der Waals surface area (Å²) in [4.78, 5) is 25.9. The SMILES string of the molecule is CC(COCC(F)(F)F)NC(=O)c1ccc(C(=O)O)nc1. The number of carbonyl (C=O) groups excluding carboxylic acids is 1. The van der Waals surface area contributed by atoms with Gasteiger partial charge in [-0.05, 0) is 19.1 Å². The van der Waals surface area contributed by atoms with Crippen LogP contribution in [0.25, 0.3) is 0 Å². The lowest BCUT2D eigenvalue weighted by Gasteiger charge is -2.15. The number of carboxylic acids is 1. The zero-order valence-corrected chi connectivity index (χ0v) is 11.0. The van der Waals surface area contributed by atoms with Crippen LogP contribution in [-0.4, -0.2) is 47.4 Å². The first-order valence-corrected chi connectivity index (χ1v) is 5.84. The zero-order chi connectivity index (χ0) is 16.0. The largest absolute Gasteiger partial charge is 0.477 e. The molecule has 9 heteroatoms. The number of nitrogens with zero attached hydrogens (tertiary/aromatic N) is 1. The lowest BCUT2D eigenvalue weighted by atomic mass is 10.2. The molecule has 1 heterocycles. The molecule has 21 heavy (non-hydrogen) atoms. The lowest BCUT2D eigenvalue weighted by Crippen LogP contribution is -2.36. The van der Waals surface area contributed by atoms with E-state index in [0.29, 0.717) is 0 Å². The van der Waals surface area contributed by atoms with Crippen LogP contribution in [0.15, 0.2) is 18.3 Å². The molecule has 6 nitrogen and oxygen atoms in total. The standard InChI is InChI=1S/C12H13F3N2O4/c1-7(5-21-6-12(13,14)15)17-10(18)8-2-3-9(11(19)20)16-4-8/h2-4,7H,5-6H2,1H3,(H,17,18)(H,19,20). The zero-order valence-electron chi connectivity index (χ0n) is 11.0. The highest BCUT2D eigenvalue weighted by Gasteiger charge is 2.27. The van der Waals surface area contributed by atoms with E-state index in [4.69, 9.17) is 5.11 Å². The molecule has 2 N–H and O–H groups in total. The van der Waals surface area contributed by atoms with Crippen LogP contribution in [0.3, 0.4) is 0 Å². The Hall–Kier alpha value is -2.16. The van der Waals surface area contributed by atoms with Gasteiger partial charge < -0.3 is 15.2 Å². The number of alkyl halides is 3. The number of pyridine rings is 1. The highest BCUT2D eigenvalue weighted by atomic mass is 19.4. The summed E-state index contributed by atoms with van der Waals surface area (Å²) in [5.41, 5.74) is -0.115. The monoisotopic (exact) mass is 306 g/mol. The van der Waals surface area contributed by atoms with Gasteiger partial charge in [0.15, 0.2) is 0 Å². The van der Waals surface area contributed by atoms with Crippen LogP contribution in [0, 0.1) is 0 Å². The average Bonchev–Trinajstić information content (AvgIpc) is 2.37. The minimum atomic E-state index is -4.42. The molecule has 1 aromatic rings. The van der Waals surface area contributed by atoms with Crippen molar-refractivity contribution in [3.8, 4) is 0 Å². The summed E-state index contributed by atoms with van der Waals surface area (Å²) in [5.74, 6) is -1.81. The van der Waals surface area contributed by atoms with Crippen molar-refractivity contribution < 1.29 is 32.6 Å². The second kappa shape index (κ2) is 7.02. The first kappa shape index (κ1) is 16.9. The van der Waals surface area contributed by atoms with Crippen molar-refractivity contribution >= 4 is 11.9 Å². The number of nitrogens with one attached hydrogen (secondary N) is 1. The van der Waals surface area contributed by atoms with E-state index >= 15 is 0 Å². The van der Waals surface area contributed by atoms with Gasteiger partial charge >= 0.3 is 12.1 Å².